The summed E-state index contributed by atoms with van der Waals surface area (Å²) in [6, 6.07) is 15.9. The molecule has 1 fully saturated rings. The van der Waals surface area contributed by atoms with Gasteiger partial charge in [-0.05, 0) is 42.7 Å². The zero-order valence-corrected chi connectivity index (χ0v) is 21.0. The number of carbonyl (C=O) groups excluding carboxylic acids is 2. The Morgan fingerprint density at radius 2 is 1.84 bits per heavy atom. The van der Waals surface area contributed by atoms with Crippen molar-refractivity contribution in [3.63, 3.8) is 0 Å². The first kappa shape index (κ1) is 24.5. The van der Waals surface area contributed by atoms with Gasteiger partial charge in [0.05, 0.1) is 22.8 Å². The van der Waals surface area contributed by atoms with Crippen LogP contribution in [0.4, 0.5) is 5.69 Å². The fourth-order valence-electron chi connectivity index (χ4n) is 4.83. The summed E-state index contributed by atoms with van der Waals surface area (Å²) < 4.78 is 28.2. The number of amides is 2. The fraction of sp³-hybridized carbons (Fsp3) is 0.308. The molecule has 0 bridgehead atoms. The number of pyridine rings is 1. The second kappa shape index (κ2) is 9.05. The van der Waals surface area contributed by atoms with E-state index < -0.39 is 32.1 Å². The highest BCUT2D eigenvalue weighted by Gasteiger charge is 2.56. The number of nitrogens with zero attached hydrogens (tertiary/aromatic N) is 3. The first-order valence-corrected chi connectivity index (χ1v) is 13.3. The monoisotopic (exact) mass is 519 g/mol. The highest BCUT2D eigenvalue weighted by Crippen LogP contribution is 2.45. The molecular formula is C26H25N5O5S. The molecule has 1 aliphatic heterocycles. The number of benzene rings is 2. The van der Waals surface area contributed by atoms with Crippen LogP contribution in [0, 0.1) is 11.3 Å². The van der Waals surface area contributed by atoms with Crippen LogP contribution in [-0.2, 0) is 27.9 Å². The van der Waals surface area contributed by atoms with Crippen molar-refractivity contribution < 1.29 is 18.0 Å². The molecule has 0 spiro atoms. The number of anilines is 1. The first-order chi connectivity index (χ1) is 17.6. The molecule has 2 heterocycles. The molecule has 0 saturated heterocycles. The normalized spacial score (nSPS) is 15.6. The lowest BCUT2D eigenvalue weighted by Gasteiger charge is -2.34. The standard InChI is InChI=1S/C26H25N5O5S/c1-17(32)29-37(35,36)26(9-10-26)16-30-11-12-31-23-20(3-2-4-22(23)30)13-21(25(31)34)24(33)28-15-19-7-5-18(14-27)6-8-19/h2-8,13H,9-12,15-16H2,1H3,(H,28,33)(H,29,32). The highest BCUT2D eigenvalue weighted by atomic mass is 32.2. The lowest BCUT2D eigenvalue weighted by atomic mass is 10.1. The number of nitrogens with one attached hydrogen (secondary N) is 2. The van der Waals surface area contributed by atoms with Gasteiger partial charge in [-0.25, -0.2) is 8.42 Å². The van der Waals surface area contributed by atoms with E-state index in [9.17, 15) is 22.8 Å². The van der Waals surface area contributed by atoms with Gasteiger partial charge in [0.2, 0.25) is 15.9 Å². The molecule has 2 aliphatic rings. The third kappa shape index (κ3) is 4.44. The van der Waals surface area contributed by atoms with Gasteiger partial charge in [0, 0.05) is 38.5 Å². The summed E-state index contributed by atoms with van der Waals surface area (Å²) in [5.74, 6) is -1.11. The zero-order chi connectivity index (χ0) is 26.4. The maximum absolute atomic E-state index is 13.3. The molecule has 3 aromatic rings. The SMILES string of the molecule is CC(=O)NS(=O)(=O)C1(CN2CCn3c(=O)c(C(=O)NCc4ccc(C#N)cc4)cc4cccc2c43)CC1. The Labute approximate surface area is 213 Å². The summed E-state index contributed by atoms with van der Waals surface area (Å²) in [5.41, 5.74) is 2.30. The molecule has 0 atom stereocenters. The molecule has 11 heteroatoms. The van der Waals surface area contributed by atoms with E-state index in [4.69, 9.17) is 5.26 Å². The van der Waals surface area contributed by atoms with Crippen molar-refractivity contribution in [3.05, 3.63) is 75.6 Å². The Balaban J connectivity index is 1.42. The second-order valence-corrected chi connectivity index (χ2v) is 11.6. The van der Waals surface area contributed by atoms with E-state index in [1.807, 2.05) is 29.2 Å². The van der Waals surface area contributed by atoms with Crippen LogP contribution in [0.2, 0.25) is 0 Å². The molecule has 1 aliphatic carbocycles. The molecule has 2 aromatic carbocycles. The van der Waals surface area contributed by atoms with Crippen LogP contribution >= 0.6 is 0 Å². The average molecular weight is 520 g/mol. The lowest BCUT2D eigenvalue weighted by molar-refractivity contribution is -0.117. The molecule has 1 saturated carbocycles. The number of hydrogen-bond donors (Lipinski definition) is 2. The van der Waals surface area contributed by atoms with Crippen LogP contribution in [0.3, 0.4) is 0 Å². The summed E-state index contributed by atoms with van der Waals surface area (Å²) >= 11 is 0. The fourth-order valence-corrected chi connectivity index (χ4v) is 6.39. The molecular weight excluding hydrogens is 494 g/mol. The van der Waals surface area contributed by atoms with E-state index >= 15 is 0 Å². The predicted molar refractivity (Wildman–Crippen MR) is 137 cm³/mol. The minimum absolute atomic E-state index is 0.0265. The van der Waals surface area contributed by atoms with Gasteiger partial charge in [0.15, 0.2) is 0 Å². The summed E-state index contributed by atoms with van der Waals surface area (Å²) in [6.45, 7) is 2.27. The second-order valence-electron chi connectivity index (χ2n) is 9.49. The van der Waals surface area contributed by atoms with E-state index in [0.29, 0.717) is 42.4 Å². The summed E-state index contributed by atoms with van der Waals surface area (Å²) in [5, 5.41) is 12.4. The third-order valence-electron chi connectivity index (χ3n) is 6.94. The van der Waals surface area contributed by atoms with Crippen molar-refractivity contribution in [3.8, 4) is 6.07 Å². The molecule has 5 rings (SSSR count). The van der Waals surface area contributed by atoms with Crippen LogP contribution in [0.1, 0.15) is 41.3 Å². The Hall–Kier alpha value is -4.17. The maximum atomic E-state index is 13.3. The van der Waals surface area contributed by atoms with Gasteiger partial charge in [-0.3, -0.25) is 19.1 Å². The largest absolute Gasteiger partial charge is 0.366 e. The van der Waals surface area contributed by atoms with Crippen molar-refractivity contribution >= 4 is 38.4 Å². The van der Waals surface area contributed by atoms with Gasteiger partial charge in [0.25, 0.3) is 11.5 Å². The van der Waals surface area contributed by atoms with Crippen molar-refractivity contribution in [2.75, 3.05) is 18.0 Å². The van der Waals surface area contributed by atoms with Gasteiger partial charge >= 0.3 is 0 Å². The number of aromatic nitrogens is 1. The number of para-hydroxylation sites is 1. The van der Waals surface area contributed by atoms with Gasteiger partial charge in [-0.15, -0.1) is 0 Å². The molecule has 190 valence electrons. The van der Waals surface area contributed by atoms with Crippen molar-refractivity contribution in [1.82, 2.24) is 14.6 Å². The minimum atomic E-state index is -3.83. The number of sulfonamides is 1. The Morgan fingerprint density at radius 1 is 1.11 bits per heavy atom. The molecule has 0 unspecified atom stereocenters. The average Bonchev–Trinajstić information content (AvgIpc) is 3.66. The van der Waals surface area contributed by atoms with Gasteiger partial charge in [-0.2, -0.15) is 5.26 Å². The Kier molecular flexibility index (Phi) is 6.00. The summed E-state index contributed by atoms with van der Waals surface area (Å²) in [6.07, 6.45) is 0.903. The molecule has 10 nitrogen and oxygen atoms in total. The van der Waals surface area contributed by atoms with E-state index in [-0.39, 0.29) is 18.7 Å². The predicted octanol–water partition coefficient (Wildman–Crippen LogP) is 1.62. The van der Waals surface area contributed by atoms with Crippen LogP contribution in [-0.4, -0.2) is 42.6 Å². The highest BCUT2D eigenvalue weighted by molar-refractivity contribution is 7.91. The number of carbonyl (C=O) groups is 2. The van der Waals surface area contributed by atoms with Crippen LogP contribution in [0.15, 0.2) is 53.3 Å². The molecule has 37 heavy (non-hydrogen) atoms. The molecule has 1 aromatic heterocycles. The maximum Gasteiger partial charge on any atom is 0.264 e. The van der Waals surface area contributed by atoms with Crippen molar-refractivity contribution in [2.24, 2.45) is 0 Å². The van der Waals surface area contributed by atoms with E-state index in [1.54, 1.807) is 34.9 Å². The van der Waals surface area contributed by atoms with Gasteiger partial charge < -0.3 is 14.8 Å². The van der Waals surface area contributed by atoms with Gasteiger partial charge in [-0.1, -0.05) is 24.3 Å². The number of nitriles is 1. The summed E-state index contributed by atoms with van der Waals surface area (Å²) in [4.78, 5) is 39.7. The van der Waals surface area contributed by atoms with Crippen molar-refractivity contribution in [1.29, 1.82) is 5.26 Å². The van der Waals surface area contributed by atoms with Crippen LogP contribution in [0.5, 0.6) is 0 Å². The van der Waals surface area contributed by atoms with Crippen LogP contribution < -0.4 is 20.5 Å². The van der Waals surface area contributed by atoms with Gasteiger partial charge in [0.1, 0.15) is 10.3 Å². The Bertz CT molecular complexity index is 1630. The summed E-state index contributed by atoms with van der Waals surface area (Å²) in [7, 11) is -3.83. The third-order valence-corrected chi connectivity index (χ3v) is 9.17. The number of hydrogen-bond acceptors (Lipinski definition) is 7. The zero-order valence-electron chi connectivity index (χ0n) is 20.2. The lowest BCUT2D eigenvalue weighted by Crippen LogP contribution is -2.48. The van der Waals surface area contributed by atoms with Crippen LogP contribution in [0.25, 0.3) is 10.9 Å². The molecule has 0 radical (unpaired) electrons. The molecule has 2 amide bonds. The van der Waals surface area contributed by atoms with E-state index in [0.717, 1.165) is 11.3 Å². The van der Waals surface area contributed by atoms with E-state index in [1.165, 1.54) is 6.92 Å². The van der Waals surface area contributed by atoms with E-state index in [2.05, 4.69) is 10.0 Å². The molecule has 2 N–H and O–H groups in total. The number of rotatable bonds is 7. The minimum Gasteiger partial charge on any atom is -0.366 e. The van der Waals surface area contributed by atoms with Crippen molar-refractivity contribution in [2.45, 2.75) is 37.6 Å². The quantitative estimate of drug-likeness (QED) is 0.483. The first-order valence-electron chi connectivity index (χ1n) is 11.9. The Morgan fingerprint density at radius 3 is 2.49 bits per heavy atom. The smallest absolute Gasteiger partial charge is 0.264 e. The topological polar surface area (TPSA) is 141 Å².